The third-order valence-corrected chi connectivity index (χ3v) is 7.38. The number of halogens is 4. The molecule has 0 saturated carbocycles. The molecule has 0 atom stereocenters. The van der Waals surface area contributed by atoms with Gasteiger partial charge in [0, 0.05) is 36.1 Å². The van der Waals surface area contributed by atoms with E-state index < -0.39 is 28.6 Å². The van der Waals surface area contributed by atoms with Gasteiger partial charge in [-0.2, -0.15) is 13.2 Å². The first-order chi connectivity index (χ1) is 19.9. The van der Waals surface area contributed by atoms with Gasteiger partial charge in [0.15, 0.2) is 5.01 Å². The van der Waals surface area contributed by atoms with Crippen LogP contribution in [0.4, 0.5) is 41.2 Å². The number of anilines is 5. The first kappa shape index (κ1) is 30.7. The molecule has 9 nitrogen and oxygen atoms in total. The van der Waals surface area contributed by atoms with Crippen LogP contribution in [-0.4, -0.2) is 39.9 Å². The number of benzene rings is 2. The van der Waals surface area contributed by atoms with E-state index in [0.717, 1.165) is 36.3 Å². The second-order valence-electron chi connectivity index (χ2n) is 9.12. The maximum atomic E-state index is 13.2. The smallest absolute Gasteiger partial charge is 0.357 e. The minimum Gasteiger partial charge on any atom is -0.357 e. The number of nitrogens with one attached hydrogen (secondary N) is 3. The Morgan fingerprint density at radius 3 is 2.40 bits per heavy atom. The Morgan fingerprint density at radius 2 is 1.71 bits per heavy atom. The van der Waals surface area contributed by atoms with E-state index in [1.54, 1.807) is 26.0 Å². The van der Waals surface area contributed by atoms with Crippen LogP contribution in [0.1, 0.15) is 51.0 Å². The Kier molecular flexibility index (Phi) is 9.32. The molecule has 2 heterocycles. The van der Waals surface area contributed by atoms with Gasteiger partial charge in [-0.3, -0.25) is 9.59 Å². The summed E-state index contributed by atoms with van der Waals surface area (Å²) >= 11 is 6.78. The summed E-state index contributed by atoms with van der Waals surface area (Å²) in [5, 5.41) is 8.78. The number of aryl methyl sites for hydroxylation is 2. The molecule has 0 bridgehead atoms. The first-order valence-corrected chi connectivity index (χ1v) is 14.0. The van der Waals surface area contributed by atoms with Crippen LogP contribution in [0, 0.1) is 13.8 Å². The molecule has 2 aromatic carbocycles. The second kappa shape index (κ2) is 12.7. The molecule has 0 unspecified atom stereocenters. The quantitative estimate of drug-likeness (QED) is 0.180. The zero-order chi connectivity index (χ0) is 30.6. The molecule has 0 radical (unpaired) electrons. The maximum absolute atomic E-state index is 13.2. The van der Waals surface area contributed by atoms with E-state index in [9.17, 15) is 22.8 Å². The van der Waals surface area contributed by atoms with Gasteiger partial charge in [-0.15, -0.1) is 0 Å². The van der Waals surface area contributed by atoms with Gasteiger partial charge in [0.1, 0.15) is 22.5 Å². The van der Waals surface area contributed by atoms with E-state index in [0.29, 0.717) is 34.0 Å². The summed E-state index contributed by atoms with van der Waals surface area (Å²) in [6, 6.07) is 9.49. The van der Waals surface area contributed by atoms with Crippen LogP contribution >= 0.6 is 22.9 Å². The standard InChI is InChI=1S/C28H27ClF3N7O2S/c1-5-39(6-2)23-13-22(34-16(4)35-23)38-24-14-33-27(42-24)26(41)37-21-12-18(9-7-15(21)3)36-25(40)17-8-10-20(29)19(11-17)28(30,31)32/h7-14H,5-6H2,1-4H3,(H,36,40)(H,37,41)(H,34,35,38). The number of aromatic nitrogens is 3. The Balaban J connectivity index is 1.46. The maximum Gasteiger partial charge on any atom is 0.417 e. The van der Waals surface area contributed by atoms with Crippen LogP contribution in [-0.2, 0) is 6.18 Å². The third kappa shape index (κ3) is 7.34. The summed E-state index contributed by atoms with van der Waals surface area (Å²) in [7, 11) is 0. The van der Waals surface area contributed by atoms with Crippen LogP contribution in [0.3, 0.4) is 0 Å². The molecule has 3 N–H and O–H groups in total. The molecule has 0 aliphatic carbocycles. The van der Waals surface area contributed by atoms with Crippen LogP contribution in [0.15, 0.2) is 48.7 Å². The van der Waals surface area contributed by atoms with Crippen LogP contribution in [0.25, 0.3) is 0 Å². The molecule has 2 aromatic heterocycles. The highest BCUT2D eigenvalue weighted by atomic mass is 35.5. The van der Waals surface area contributed by atoms with Gasteiger partial charge in [-0.1, -0.05) is 29.0 Å². The monoisotopic (exact) mass is 617 g/mol. The van der Waals surface area contributed by atoms with Crippen molar-refractivity contribution in [2.75, 3.05) is 33.9 Å². The van der Waals surface area contributed by atoms with E-state index in [2.05, 4.69) is 35.8 Å². The molecule has 0 saturated heterocycles. The van der Waals surface area contributed by atoms with Crippen molar-refractivity contribution in [1.82, 2.24) is 15.0 Å². The highest BCUT2D eigenvalue weighted by Crippen LogP contribution is 2.35. The largest absolute Gasteiger partial charge is 0.417 e. The Morgan fingerprint density at radius 1 is 0.976 bits per heavy atom. The molecular formula is C28H27ClF3N7O2S. The molecule has 220 valence electrons. The summed E-state index contributed by atoms with van der Waals surface area (Å²) in [5.74, 6) is 0.718. The Labute approximate surface area is 249 Å². The van der Waals surface area contributed by atoms with Gasteiger partial charge < -0.3 is 20.9 Å². The number of thiazole rings is 1. The molecule has 0 aliphatic heterocycles. The van der Waals surface area contributed by atoms with Crippen molar-refractivity contribution in [3.05, 3.63) is 81.2 Å². The zero-order valence-corrected chi connectivity index (χ0v) is 24.6. The van der Waals surface area contributed by atoms with Crippen molar-refractivity contribution < 1.29 is 22.8 Å². The average molecular weight is 618 g/mol. The lowest BCUT2D eigenvalue weighted by molar-refractivity contribution is -0.137. The summed E-state index contributed by atoms with van der Waals surface area (Å²) < 4.78 is 39.6. The molecule has 4 aromatic rings. The lowest BCUT2D eigenvalue weighted by atomic mass is 10.1. The second-order valence-corrected chi connectivity index (χ2v) is 10.6. The SMILES string of the molecule is CCN(CC)c1cc(Nc2cnc(C(=O)Nc3cc(NC(=O)c4ccc(Cl)c(C(F)(F)F)c4)ccc3C)s2)nc(C)n1. The highest BCUT2D eigenvalue weighted by molar-refractivity contribution is 7.17. The number of hydrogen-bond acceptors (Lipinski definition) is 8. The van der Waals surface area contributed by atoms with Crippen molar-refractivity contribution >= 4 is 62.8 Å². The van der Waals surface area contributed by atoms with E-state index >= 15 is 0 Å². The topological polar surface area (TPSA) is 112 Å². The molecular weight excluding hydrogens is 591 g/mol. The number of rotatable bonds is 9. The first-order valence-electron chi connectivity index (χ1n) is 12.8. The number of alkyl halides is 3. The molecule has 2 amide bonds. The normalized spacial score (nSPS) is 11.2. The number of carbonyl (C=O) groups is 2. The van der Waals surface area contributed by atoms with E-state index in [1.165, 1.54) is 18.3 Å². The van der Waals surface area contributed by atoms with Crippen LogP contribution in [0.2, 0.25) is 5.02 Å². The van der Waals surface area contributed by atoms with E-state index in [4.69, 9.17) is 11.6 Å². The number of amides is 2. The van der Waals surface area contributed by atoms with Gasteiger partial charge in [0.25, 0.3) is 11.8 Å². The van der Waals surface area contributed by atoms with Gasteiger partial charge >= 0.3 is 6.18 Å². The lowest BCUT2D eigenvalue weighted by Gasteiger charge is -2.20. The van der Waals surface area contributed by atoms with Gasteiger partial charge in [-0.25, -0.2) is 15.0 Å². The molecule has 0 aliphatic rings. The fourth-order valence-electron chi connectivity index (χ4n) is 3.99. The Bertz CT molecular complexity index is 1620. The molecule has 4 rings (SSSR count). The summed E-state index contributed by atoms with van der Waals surface area (Å²) in [6.07, 6.45) is -3.18. The summed E-state index contributed by atoms with van der Waals surface area (Å²) in [6.45, 7) is 9.23. The zero-order valence-electron chi connectivity index (χ0n) is 23.1. The minimum absolute atomic E-state index is 0.182. The number of hydrogen-bond donors (Lipinski definition) is 3. The molecule has 14 heteroatoms. The number of nitrogens with zero attached hydrogens (tertiary/aromatic N) is 4. The molecule has 0 spiro atoms. The van der Waals surface area contributed by atoms with Gasteiger partial charge in [0.05, 0.1) is 16.8 Å². The van der Waals surface area contributed by atoms with Crippen molar-refractivity contribution in [2.45, 2.75) is 33.9 Å². The van der Waals surface area contributed by atoms with Crippen LogP contribution in [0.5, 0.6) is 0 Å². The molecule has 42 heavy (non-hydrogen) atoms. The van der Waals surface area contributed by atoms with Crippen molar-refractivity contribution in [2.24, 2.45) is 0 Å². The van der Waals surface area contributed by atoms with Crippen molar-refractivity contribution in [3.63, 3.8) is 0 Å². The van der Waals surface area contributed by atoms with Crippen LogP contribution < -0.4 is 20.9 Å². The van der Waals surface area contributed by atoms with E-state index in [1.807, 2.05) is 19.9 Å². The number of carbonyl (C=O) groups excluding carboxylic acids is 2. The fraction of sp³-hybridized carbons (Fsp3) is 0.250. The van der Waals surface area contributed by atoms with Crippen molar-refractivity contribution in [3.8, 4) is 0 Å². The van der Waals surface area contributed by atoms with Gasteiger partial charge in [-0.05, 0) is 63.6 Å². The Hall–Kier alpha value is -4.23. The minimum atomic E-state index is -4.71. The highest BCUT2D eigenvalue weighted by Gasteiger charge is 2.33. The predicted molar refractivity (Wildman–Crippen MR) is 159 cm³/mol. The molecule has 0 fully saturated rings. The van der Waals surface area contributed by atoms with Gasteiger partial charge in [0.2, 0.25) is 0 Å². The lowest BCUT2D eigenvalue weighted by Crippen LogP contribution is -2.23. The fourth-order valence-corrected chi connectivity index (χ4v) is 4.93. The van der Waals surface area contributed by atoms with Crippen molar-refractivity contribution in [1.29, 1.82) is 0 Å². The predicted octanol–water partition coefficient (Wildman–Crippen LogP) is 7.32. The summed E-state index contributed by atoms with van der Waals surface area (Å²) in [4.78, 5) is 40.9. The summed E-state index contributed by atoms with van der Waals surface area (Å²) in [5.41, 5.74) is 0.0374. The third-order valence-electron chi connectivity index (χ3n) is 6.14. The average Bonchev–Trinajstić information content (AvgIpc) is 3.39. The van der Waals surface area contributed by atoms with E-state index in [-0.39, 0.29) is 16.3 Å².